The molecular formula is C19H21NaO5. The zero-order valence-electron chi connectivity index (χ0n) is 15.6. The van der Waals surface area contributed by atoms with E-state index in [2.05, 4.69) is 6.92 Å². The van der Waals surface area contributed by atoms with Crippen molar-refractivity contribution in [1.82, 2.24) is 0 Å². The summed E-state index contributed by atoms with van der Waals surface area (Å²) in [6, 6.07) is 0.995. The van der Waals surface area contributed by atoms with Crippen LogP contribution >= 0.6 is 0 Å². The maximum atomic E-state index is 12.5. The topological polar surface area (TPSA) is 79.6 Å². The first-order valence-corrected chi connectivity index (χ1v) is 8.19. The molecule has 0 radical (unpaired) electrons. The molecule has 1 aromatic carbocycles. The van der Waals surface area contributed by atoms with Crippen LogP contribution in [0, 0.1) is 6.92 Å². The molecule has 1 aliphatic heterocycles. The number of fused-ring (bicyclic) bond motifs is 2. The van der Waals surface area contributed by atoms with Crippen LogP contribution in [-0.2, 0) is 6.42 Å². The van der Waals surface area contributed by atoms with E-state index in [0.717, 1.165) is 34.9 Å². The molecule has 0 saturated carbocycles. The summed E-state index contributed by atoms with van der Waals surface area (Å²) in [6.45, 7) is 9.98. The zero-order valence-corrected chi connectivity index (χ0v) is 17.6. The van der Waals surface area contributed by atoms with Crippen molar-refractivity contribution in [1.29, 1.82) is 0 Å². The van der Waals surface area contributed by atoms with E-state index < -0.39 is 11.7 Å². The molecule has 0 spiro atoms. The molecule has 25 heavy (non-hydrogen) atoms. The summed E-state index contributed by atoms with van der Waals surface area (Å²) in [5.41, 5.74) is 2.17. The molecule has 1 unspecified atom stereocenters. The van der Waals surface area contributed by atoms with Gasteiger partial charge in [0.25, 0.3) is 0 Å². The molecule has 2 aromatic rings. The molecule has 1 aromatic heterocycles. The van der Waals surface area contributed by atoms with E-state index in [0.29, 0.717) is 17.4 Å². The third-order valence-corrected chi connectivity index (χ3v) is 4.74. The summed E-state index contributed by atoms with van der Waals surface area (Å²) in [7, 11) is 0. The van der Waals surface area contributed by atoms with Gasteiger partial charge in [0.15, 0.2) is 11.2 Å². The number of hydrogen-bond donors (Lipinski definition) is 0. The number of aromatic carboxylic acids is 1. The molecule has 2 heterocycles. The van der Waals surface area contributed by atoms with Crippen molar-refractivity contribution in [2.24, 2.45) is 0 Å². The number of aryl methyl sites for hydroxylation is 2. The summed E-state index contributed by atoms with van der Waals surface area (Å²) < 4.78 is 11.8. The second kappa shape index (κ2) is 6.78. The Labute approximate surface area is 168 Å². The van der Waals surface area contributed by atoms with Gasteiger partial charge in [-0.05, 0) is 45.1 Å². The predicted molar refractivity (Wildman–Crippen MR) is 88.7 cm³/mol. The Balaban J connectivity index is 0.00000225. The van der Waals surface area contributed by atoms with Crippen molar-refractivity contribution in [3.8, 4) is 5.75 Å². The molecule has 0 aliphatic carbocycles. The number of benzene rings is 1. The van der Waals surface area contributed by atoms with Crippen molar-refractivity contribution in [2.45, 2.75) is 59.0 Å². The van der Waals surface area contributed by atoms with Gasteiger partial charge in [0.05, 0.1) is 5.39 Å². The SMILES string of the molecule is CCc1c2c(c(C)c3c(=O)cc(C(=O)[O-])oc13)C(C)CC(C)(C)O2.[Na+]. The summed E-state index contributed by atoms with van der Waals surface area (Å²) in [5.74, 6) is -0.991. The van der Waals surface area contributed by atoms with Gasteiger partial charge in [-0.15, -0.1) is 0 Å². The molecule has 1 aliphatic rings. The monoisotopic (exact) mass is 352 g/mol. The van der Waals surface area contributed by atoms with E-state index in [1.54, 1.807) is 0 Å². The van der Waals surface area contributed by atoms with E-state index in [1.807, 2.05) is 27.7 Å². The third-order valence-electron chi connectivity index (χ3n) is 4.74. The van der Waals surface area contributed by atoms with Gasteiger partial charge in [0.1, 0.15) is 22.9 Å². The van der Waals surface area contributed by atoms with Crippen LogP contribution in [-0.4, -0.2) is 11.6 Å². The number of carboxylic acid groups (broad SMARTS) is 1. The average Bonchev–Trinajstić information content (AvgIpc) is 2.44. The van der Waals surface area contributed by atoms with E-state index in [4.69, 9.17) is 9.15 Å². The van der Waals surface area contributed by atoms with Crippen LogP contribution in [0.2, 0.25) is 0 Å². The van der Waals surface area contributed by atoms with Gasteiger partial charge in [-0.3, -0.25) is 4.79 Å². The Hall–Kier alpha value is -1.30. The second-order valence-electron chi connectivity index (χ2n) is 7.13. The van der Waals surface area contributed by atoms with E-state index in [1.165, 1.54) is 0 Å². The first kappa shape index (κ1) is 20.0. The van der Waals surface area contributed by atoms with Crippen LogP contribution in [0.15, 0.2) is 15.3 Å². The summed E-state index contributed by atoms with van der Waals surface area (Å²) in [4.78, 5) is 23.7. The molecule has 128 valence electrons. The zero-order chi connectivity index (χ0) is 17.8. The minimum atomic E-state index is -1.50. The molecule has 6 heteroatoms. The Kier molecular flexibility index (Phi) is 5.43. The fraction of sp³-hybridized carbons (Fsp3) is 0.474. The molecular weight excluding hydrogens is 331 g/mol. The summed E-state index contributed by atoms with van der Waals surface area (Å²) in [5, 5.41) is 11.6. The van der Waals surface area contributed by atoms with Gasteiger partial charge in [0.2, 0.25) is 0 Å². The summed E-state index contributed by atoms with van der Waals surface area (Å²) in [6.07, 6.45) is 1.42. The number of ether oxygens (including phenoxy) is 1. The molecule has 3 rings (SSSR count). The van der Waals surface area contributed by atoms with Crippen LogP contribution in [0.4, 0.5) is 0 Å². The van der Waals surface area contributed by atoms with Gasteiger partial charge < -0.3 is 19.1 Å². The van der Waals surface area contributed by atoms with Crippen LogP contribution in [0.1, 0.15) is 67.3 Å². The third kappa shape index (κ3) is 3.25. The minimum absolute atomic E-state index is 0. The molecule has 0 bridgehead atoms. The molecule has 5 nitrogen and oxygen atoms in total. The van der Waals surface area contributed by atoms with Gasteiger partial charge in [-0.1, -0.05) is 13.8 Å². The van der Waals surface area contributed by atoms with Gasteiger partial charge >= 0.3 is 29.6 Å². The molecule has 0 N–H and O–H groups in total. The van der Waals surface area contributed by atoms with E-state index >= 15 is 0 Å². The van der Waals surface area contributed by atoms with Crippen molar-refractivity contribution >= 4 is 16.9 Å². The van der Waals surface area contributed by atoms with Crippen LogP contribution in [0.25, 0.3) is 11.0 Å². The van der Waals surface area contributed by atoms with Gasteiger partial charge in [0, 0.05) is 17.2 Å². The number of carbonyl (C=O) groups is 1. The smallest absolute Gasteiger partial charge is 0.542 e. The van der Waals surface area contributed by atoms with Crippen molar-refractivity contribution < 1.29 is 48.6 Å². The first-order valence-electron chi connectivity index (χ1n) is 8.19. The quantitative estimate of drug-likeness (QED) is 0.693. The van der Waals surface area contributed by atoms with E-state index in [-0.39, 0.29) is 46.5 Å². The molecule has 0 saturated heterocycles. The van der Waals surface area contributed by atoms with E-state index in [9.17, 15) is 14.7 Å². The Bertz CT molecular complexity index is 910. The molecule has 0 amide bonds. The number of hydrogen-bond acceptors (Lipinski definition) is 5. The minimum Gasteiger partial charge on any atom is -0.542 e. The van der Waals surface area contributed by atoms with Gasteiger partial charge in [-0.2, -0.15) is 0 Å². The predicted octanol–water partition coefficient (Wildman–Crippen LogP) is -0.304. The molecule has 1 atom stereocenters. The number of carboxylic acids is 1. The largest absolute Gasteiger partial charge is 1.00 e. The Morgan fingerprint density at radius 1 is 1.40 bits per heavy atom. The van der Waals surface area contributed by atoms with Crippen molar-refractivity contribution in [3.63, 3.8) is 0 Å². The first-order chi connectivity index (χ1) is 11.2. The number of rotatable bonds is 2. The van der Waals surface area contributed by atoms with Crippen LogP contribution in [0.5, 0.6) is 5.75 Å². The van der Waals surface area contributed by atoms with Crippen LogP contribution < -0.4 is 44.8 Å². The number of carbonyl (C=O) groups excluding carboxylic acids is 1. The second-order valence-corrected chi connectivity index (χ2v) is 7.13. The van der Waals surface area contributed by atoms with Crippen molar-refractivity contribution in [3.05, 3.63) is 38.7 Å². The Morgan fingerprint density at radius 3 is 2.60 bits per heavy atom. The fourth-order valence-corrected chi connectivity index (χ4v) is 3.92. The maximum absolute atomic E-state index is 12.5. The standard InChI is InChI=1S/C19H22O5.Na/c1-6-11-16-15(12(20)7-13(23-16)18(21)22)10(3)14-9(2)8-19(4,5)24-17(11)14;/h7,9H,6,8H2,1-5H3,(H,21,22);/q;+1/p-1. The summed E-state index contributed by atoms with van der Waals surface area (Å²) >= 11 is 0. The fourth-order valence-electron chi connectivity index (χ4n) is 3.92. The molecule has 0 fully saturated rings. The van der Waals surface area contributed by atoms with Crippen molar-refractivity contribution in [2.75, 3.05) is 0 Å². The van der Waals surface area contributed by atoms with Crippen LogP contribution in [0.3, 0.4) is 0 Å². The maximum Gasteiger partial charge on any atom is 1.00 e. The van der Waals surface area contributed by atoms with Gasteiger partial charge in [-0.25, -0.2) is 0 Å². The Morgan fingerprint density at radius 2 is 2.04 bits per heavy atom. The average molecular weight is 352 g/mol. The normalized spacial score (nSPS) is 18.2.